The Morgan fingerprint density at radius 2 is 2.11 bits per heavy atom. The third-order valence-electron chi connectivity index (χ3n) is 3.24. The zero-order chi connectivity index (χ0) is 13.1. The quantitative estimate of drug-likeness (QED) is 0.891. The maximum atomic E-state index is 12.4. The van der Waals surface area contributed by atoms with Gasteiger partial charge in [0.2, 0.25) is 0 Å². The molecule has 0 aliphatic carbocycles. The number of nitrogens with two attached hydrogens (primary N) is 1. The number of nitrogens with zero attached hydrogens (tertiary/aromatic N) is 1. The van der Waals surface area contributed by atoms with Crippen LogP contribution in [0.5, 0.6) is 5.75 Å². The van der Waals surface area contributed by atoms with Crippen molar-refractivity contribution in [2.45, 2.75) is 18.9 Å². The highest BCUT2D eigenvalue weighted by molar-refractivity contribution is 6.34. The fourth-order valence-corrected chi connectivity index (χ4v) is 2.39. The van der Waals surface area contributed by atoms with Crippen molar-refractivity contribution in [2.24, 2.45) is 5.73 Å². The molecule has 1 heterocycles. The van der Waals surface area contributed by atoms with Crippen molar-refractivity contribution in [3.05, 3.63) is 28.8 Å². The second-order valence-electron chi connectivity index (χ2n) is 4.45. The van der Waals surface area contributed by atoms with Gasteiger partial charge < -0.3 is 15.4 Å². The van der Waals surface area contributed by atoms with E-state index in [4.69, 9.17) is 22.1 Å². The Kier molecular flexibility index (Phi) is 4.09. The first kappa shape index (κ1) is 13.2. The second kappa shape index (κ2) is 5.59. The topological polar surface area (TPSA) is 55.6 Å². The molecule has 1 aliphatic rings. The van der Waals surface area contributed by atoms with E-state index in [1.165, 1.54) is 7.11 Å². The van der Waals surface area contributed by atoms with Crippen LogP contribution in [0.15, 0.2) is 18.2 Å². The van der Waals surface area contributed by atoms with Gasteiger partial charge in [-0.25, -0.2) is 0 Å². The minimum atomic E-state index is -0.0793. The van der Waals surface area contributed by atoms with Gasteiger partial charge in [-0.05, 0) is 25.0 Å². The predicted octanol–water partition coefficient (Wildman–Crippen LogP) is 1.91. The lowest BCUT2D eigenvalue weighted by atomic mass is 10.0. The van der Waals surface area contributed by atoms with Crippen molar-refractivity contribution in [3.63, 3.8) is 0 Å². The van der Waals surface area contributed by atoms with Gasteiger partial charge in [0.1, 0.15) is 11.3 Å². The van der Waals surface area contributed by atoms with E-state index in [9.17, 15) is 4.79 Å². The summed E-state index contributed by atoms with van der Waals surface area (Å²) in [5.74, 6) is 0.437. The Morgan fingerprint density at radius 1 is 1.44 bits per heavy atom. The summed E-state index contributed by atoms with van der Waals surface area (Å²) in [7, 11) is 1.54. The summed E-state index contributed by atoms with van der Waals surface area (Å²) < 4.78 is 5.20. The Bertz CT molecular complexity index is 443. The van der Waals surface area contributed by atoms with Crippen LogP contribution in [-0.2, 0) is 0 Å². The summed E-state index contributed by atoms with van der Waals surface area (Å²) in [6.45, 7) is 1.35. The Morgan fingerprint density at radius 3 is 2.72 bits per heavy atom. The Labute approximate surface area is 112 Å². The Hall–Kier alpha value is -1.26. The van der Waals surface area contributed by atoms with E-state index in [1.54, 1.807) is 23.1 Å². The minimum Gasteiger partial charge on any atom is -0.496 e. The van der Waals surface area contributed by atoms with Crippen LogP contribution in [0.3, 0.4) is 0 Å². The first-order valence-electron chi connectivity index (χ1n) is 6.01. The Balaban J connectivity index is 2.23. The van der Waals surface area contributed by atoms with Crippen LogP contribution in [0.2, 0.25) is 5.02 Å². The molecule has 1 aromatic carbocycles. The van der Waals surface area contributed by atoms with Crippen molar-refractivity contribution in [2.75, 3.05) is 20.2 Å². The van der Waals surface area contributed by atoms with Crippen LogP contribution in [0.25, 0.3) is 0 Å². The molecule has 0 radical (unpaired) electrons. The van der Waals surface area contributed by atoms with Crippen molar-refractivity contribution in [3.8, 4) is 5.75 Å². The third kappa shape index (κ3) is 2.60. The lowest BCUT2D eigenvalue weighted by Crippen LogP contribution is -2.43. The van der Waals surface area contributed by atoms with Gasteiger partial charge in [0.25, 0.3) is 5.91 Å². The maximum absolute atomic E-state index is 12.4. The van der Waals surface area contributed by atoms with Crippen molar-refractivity contribution < 1.29 is 9.53 Å². The summed E-state index contributed by atoms with van der Waals surface area (Å²) in [5, 5.41) is 0.425. The van der Waals surface area contributed by atoms with Crippen LogP contribution in [0, 0.1) is 0 Å². The summed E-state index contributed by atoms with van der Waals surface area (Å²) in [6, 6.07) is 5.41. The van der Waals surface area contributed by atoms with E-state index in [0.717, 1.165) is 12.8 Å². The number of amides is 1. The van der Waals surface area contributed by atoms with E-state index in [0.29, 0.717) is 29.4 Å². The summed E-state index contributed by atoms with van der Waals surface area (Å²) in [4.78, 5) is 14.2. The zero-order valence-corrected chi connectivity index (χ0v) is 11.1. The average molecular weight is 269 g/mol. The molecule has 0 atom stereocenters. The molecule has 18 heavy (non-hydrogen) atoms. The molecule has 2 N–H and O–H groups in total. The lowest BCUT2D eigenvalue weighted by Gasteiger charge is -2.30. The van der Waals surface area contributed by atoms with E-state index in [2.05, 4.69) is 0 Å². The van der Waals surface area contributed by atoms with Crippen molar-refractivity contribution in [1.82, 2.24) is 4.90 Å². The standard InChI is InChI=1S/C13H17ClN2O2/c1-18-11-4-2-3-10(14)12(11)13(17)16-7-5-9(15)6-8-16/h2-4,9H,5-8,15H2,1H3. The smallest absolute Gasteiger partial charge is 0.259 e. The number of piperidine rings is 1. The first-order chi connectivity index (χ1) is 8.63. The van der Waals surface area contributed by atoms with Gasteiger partial charge >= 0.3 is 0 Å². The fourth-order valence-electron chi connectivity index (χ4n) is 2.14. The number of ether oxygens (including phenoxy) is 1. The van der Waals surface area contributed by atoms with Crippen molar-refractivity contribution >= 4 is 17.5 Å². The monoisotopic (exact) mass is 268 g/mol. The molecule has 4 nitrogen and oxygen atoms in total. The number of halogens is 1. The number of carbonyl (C=O) groups is 1. The molecule has 0 bridgehead atoms. The molecular formula is C13H17ClN2O2. The summed E-state index contributed by atoms with van der Waals surface area (Å²) in [5.41, 5.74) is 6.27. The number of methoxy groups -OCH3 is 1. The molecule has 0 unspecified atom stereocenters. The van der Waals surface area contributed by atoms with Crippen LogP contribution >= 0.6 is 11.6 Å². The van der Waals surface area contributed by atoms with E-state index in [-0.39, 0.29) is 11.9 Å². The lowest BCUT2D eigenvalue weighted by molar-refractivity contribution is 0.0711. The number of carbonyl (C=O) groups excluding carboxylic acids is 1. The minimum absolute atomic E-state index is 0.0793. The van der Waals surface area contributed by atoms with E-state index in [1.807, 2.05) is 0 Å². The van der Waals surface area contributed by atoms with Crippen LogP contribution in [0.4, 0.5) is 0 Å². The van der Waals surface area contributed by atoms with Crippen molar-refractivity contribution in [1.29, 1.82) is 0 Å². The zero-order valence-electron chi connectivity index (χ0n) is 10.4. The molecule has 0 saturated carbocycles. The molecule has 1 aromatic rings. The molecule has 1 aliphatic heterocycles. The van der Waals surface area contributed by atoms with Crippen LogP contribution in [0.1, 0.15) is 23.2 Å². The molecule has 2 rings (SSSR count). The molecular weight excluding hydrogens is 252 g/mol. The van der Waals surface area contributed by atoms with Gasteiger partial charge in [0.05, 0.1) is 12.1 Å². The van der Waals surface area contributed by atoms with Gasteiger partial charge in [0, 0.05) is 19.1 Å². The third-order valence-corrected chi connectivity index (χ3v) is 3.55. The number of hydrogen-bond acceptors (Lipinski definition) is 3. The van der Waals surface area contributed by atoms with E-state index < -0.39 is 0 Å². The van der Waals surface area contributed by atoms with Gasteiger partial charge in [-0.2, -0.15) is 0 Å². The molecule has 1 saturated heterocycles. The molecule has 0 aromatic heterocycles. The fraction of sp³-hybridized carbons (Fsp3) is 0.462. The highest BCUT2D eigenvalue weighted by atomic mass is 35.5. The molecule has 98 valence electrons. The first-order valence-corrected chi connectivity index (χ1v) is 6.38. The highest BCUT2D eigenvalue weighted by Gasteiger charge is 2.25. The second-order valence-corrected chi connectivity index (χ2v) is 4.85. The number of rotatable bonds is 2. The van der Waals surface area contributed by atoms with Gasteiger partial charge in [-0.15, -0.1) is 0 Å². The molecule has 1 amide bonds. The molecule has 1 fully saturated rings. The number of benzene rings is 1. The maximum Gasteiger partial charge on any atom is 0.259 e. The largest absolute Gasteiger partial charge is 0.496 e. The highest BCUT2D eigenvalue weighted by Crippen LogP contribution is 2.28. The predicted molar refractivity (Wildman–Crippen MR) is 71.1 cm³/mol. The van der Waals surface area contributed by atoms with Gasteiger partial charge in [-0.3, -0.25) is 4.79 Å². The number of likely N-dealkylation sites (tertiary alicyclic amines) is 1. The molecule has 5 heteroatoms. The van der Waals surface area contributed by atoms with E-state index >= 15 is 0 Å². The van der Waals surface area contributed by atoms with Crippen LogP contribution in [-0.4, -0.2) is 37.0 Å². The SMILES string of the molecule is COc1cccc(Cl)c1C(=O)N1CCC(N)CC1. The number of hydrogen-bond donors (Lipinski definition) is 1. The van der Waals surface area contributed by atoms with Gasteiger partial charge in [0.15, 0.2) is 0 Å². The average Bonchev–Trinajstić information content (AvgIpc) is 2.38. The normalized spacial score (nSPS) is 16.7. The van der Waals surface area contributed by atoms with Gasteiger partial charge in [-0.1, -0.05) is 17.7 Å². The van der Waals surface area contributed by atoms with Crippen LogP contribution < -0.4 is 10.5 Å². The molecule has 0 spiro atoms. The summed E-state index contributed by atoms with van der Waals surface area (Å²) in [6.07, 6.45) is 1.66. The summed E-state index contributed by atoms with van der Waals surface area (Å²) >= 11 is 6.10.